The quantitative estimate of drug-likeness (QED) is 0.485. The van der Waals surface area contributed by atoms with Crippen molar-refractivity contribution in [2.75, 3.05) is 7.11 Å². The van der Waals surface area contributed by atoms with E-state index < -0.39 is 5.97 Å². The Hall–Kier alpha value is -2.95. The fraction of sp³-hybridized carbons (Fsp3) is 0.118. The van der Waals surface area contributed by atoms with Crippen molar-refractivity contribution in [3.05, 3.63) is 69.9 Å². The molecule has 5 heteroatoms. The highest BCUT2D eigenvalue weighted by molar-refractivity contribution is 6.52. The molecule has 110 valence electrons. The molecular weight excluding hydrogens is 282 g/mol. The number of nitrogens with zero attached hydrogens (tertiary/aromatic N) is 1. The summed E-state index contributed by atoms with van der Waals surface area (Å²) in [5.74, 6) is -0.889. The molecule has 0 radical (unpaired) electrons. The Balaban J connectivity index is 2.15. The van der Waals surface area contributed by atoms with Crippen LogP contribution in [0.3, 0.4) is 0 Å². The summed E-state index contributed by atoms with van der Waals surface area (Å²) in [6.07, 6.45) is 0. The standard InChI is InChI=1S/C17H13NO4/c1-10-4-3-5-11(8-10)15-16(19)13-7-6-12(17(20)22-2)9-14(13)18(15)21/h3-9H,1-2H3. The van der Waals surface area contributed by atoms with Gasteiger partial charge in [-0.3, -0.25) is 4.79 Å². The molecule has 1 aliphatic heterocycles. The van der Waals surface area contributed by atoms with Crippen LogP contribution in [0.2, 0.25) is 0 Å². The van der Waals surface area contributed by atoms with Gasteiger partial charge in [-0.25, -0.2) is 4.79 Å². The number of Topliss-reactive ketones (excluding diaryl/α,β-unsaturated/α-hetero) is 1. The lowest BCUT2D eigenvalue weighted by Crippen LogP contribution is -2.16. The summed E-state index contributed by atoms with van der Waals surface area (Å²) in [4.78, 5) is 24.0. The van der Waals surface area contributed by atoms with E-state index in [2.05, 4.69) is 4.74 Å². The van der Waals surface area contributed by atoms with E-state index in [1.165, 1.54) is 25.3 Å². The molecule has 2 aromatic carbocycles. The normalized spacial score (nSPS) is 13.3. The lowest BCUT2D eigenvalue weighted by Gasteiger charge is -2.04. The molecule has 0 aromatic heterocycles. The Morgan fingerprint density at radius 3 is 2.64 bits per heavy atom. The van der Waals surface area contributed by atoms with Crippen LogP contribution in [0, 0.1) is 12.1 Å². The van der Waals surface area contributed by atoms with E-state index in [-0.39, 0.29) is 22.7 Å². The number of carbonyl (C=O) groups is 2. The number of aryl methyl sites for hydroxylation is 1. The zero-order chi connectivity index (χ0) is 15.9. The first-order valence-electron chi connectivity index (χ1n) is 6.71. The van der Waals surface area contributed by atoms with Gasteiger partial charge >= 0.3 is 5.97 Å². The third kappa shape index (κ3) is 2.07. The lowest BCUT2D eigenvalue weighted by molar-refractivity contribution is -0.355. The van der Waals surface area contributed by atoms with Gasteiger partial charge in [-0.15, -0.1) is 0 Å². The summed E-state index contributed by atoms with van der Waals surface area (Å²) in [6, 6.07) is 11.5. The number of ketones is 1. The third-order valence-corrected chi connectivity index (χ3v) is 3.59. The second kappa shape index (κ2) is 5.11. The Kier molecular flexibility index (Phi) is 3.25. The second-order valence-electron chi connectivity index (χ2n) is 5.07. The maximum absolute atomic E-state index is 12.5. The van der Waals surface area contributed by atoms with E-state index in [1.54, 1.807) is 18.2 Å². The van der Waals surface area contributed by atoms with Crippen LogP contribution in [0.1, 0.15) is 31.8 Å². The zero-order valence-electron chi connectivity index (χ0n) is 12.1. The van der Waals surface area contributed by atoms with Crippen LogP contribution in [-0.2, 0) is 4.74 Å². The highest BCUT2D eigenvalue weighted by Gasteiger charge is 2.37. The summed E-state index contributed by atoms with van der Waals surface area (Å²) in [5, 5.41) is 12.5. The van der Waals surface area contributed by atoms with Crippen molar-refractivity contribution < 1.29 is 19.1 Å². The number of methoxy groups -OCH3 is 1. The van der Waals surface area contributed by atoms with E-state index in [9.17, 15) is 14.8 Å². The van der Waals surface area contributed by atoms with Crippen molar-refractivity contribution >= 4 is 23.2 Å². The Labute approximate surface area is 127 Å². The number of hydrogen-bond donors (Lipinski definition) is 0. The first kappa shape index (κ1) is 14.0. The van der Waals surface area contributed by atoms with Gasteiger partial charge < -0.3 is 9.94 Å². The lowest BCUT2D eigenvalue weighted by atomic mass is 10.0. The average Bonchev–Trinajstić information content (AvgIpc) is 2.77. The number of esters is 1. The van der Waals surface area contributed by atoms with Gasteiger partial charge in [-0.2, -0.15) is 4.74 Å². The molecule has 0 amide bonds. The number of fused-ring (bicyclic) bond motifs is 1. The predicted octanol–water partition coefficient (Wildman–Crippen LogP) is 2.61. The summed E-state index contributed by atoms with van der Waals surface area (Å²) < 4.78 is 5.22. The maximum atomic E-state index is 12.5. The number of benzene rings is 2. The summed E-state index contributed by atoms with van der Waals surface area (Å²) in [5.41, 5.74) is 2.29. The van der Waals surface area contributed by atoms with Crippen molar-refractivity contribution in [1.29, 1.82) is 0 Å². The van der Waals surface area contributed by atoms with E-state index in [4.69, 9.17) is 0 Å². The highest BCUT2D eigenvalue weighted by atomic mass is 16.5. The van der Waals surface area contributed by atoms with Crippen LogP contribution in [0.5, 0.6) is 0 Å². The molecule has 0 bridgehead atoms. The molecule has 0 N–H and O–H groups in total. The van der Waals surface area contributed by atoms with Gasteiger partial charge in [0.15, 0.2) is 0 Å². The van der Waals surface area contributed by atoms with Gasteiger partial charge in [-0.1, -0.05) is 17.7 Å². The minimum atomic E-state index is -0.548. The fourth-order valence-electron chi connectivity index (χ4n) is 2.52. The topological polar surface area (TPSA) is 69.4 Å². The van der Waals surface area contributed by atoms with Gasteiger partial charge in [0, 0.05) is 6.07 Å². The van der Waals surface area contributed by atoms with Crippen LogP contribution < -0.4 is 0 Å². The van der Waals surface area contributed by atoms with Crippen molar-refractivity contribution in [3.8, 4) is 0 Å². The van der Waals surface area contributed by atoms with Gasteiger partial charge in [0.2, 0.25) is 5.69 Å². The van der Waals surface area contributed by atoms with Crippen LogP contribution in [0.4, 0.5) is 5.69 Å². The molecule has 0 spiro atoms. The molecule has 0 unspecified atom stereocenters. The largest absolute Gasteiger partial charge is 0.618 e. The number of rotatable bonds is 2. The molecule has 22 heavy (non-hydrogen) atoms. The van der Waals surface area contributed by atoms with Gasteiger partial charge in [0.1, 0.15) is 5.56 Å². The van der Waals surface area contributed by atoms with Crippen LogP contribution in [0.25, 0.3) is 0 Å². The first-order valence-corrected chi connectivity index (χ1v) is 6.71. The molecule has 5 nitrogen and oxygen atoms in total. The average molecular weight is 295 g/mol. The Bertz CT molecular complexity index is 836. The molecule has 3 rings (SSSR count). The Morgan fingerprint density at radius 1 is 1.18 bits per heavy atom. The zero-order valence-corrected chi connectivity index (χ0v) is 12.1. The van der Waals surface area contributed by atoms with Crippen LogP contribution in [0.15, 0.2) is 42.5 Å². The van der Waals surface area contributed by atoms with E-state index in [0.29, 0.717) is 15.9 Å². The number of carbonyl (C=O) groups excluding carboxylic acids is 2. The summed E-state index contributed by atoms with van der Waals surface area (Å²) >= 11 is 0. The smallest absolute Gasteiger partial charge is 0.338 e. The summed E-state index contributed by atoms with van der Waals surface area (Å²) in [6.45, 7) is 1.89. The van der Waals surface area contributed by atoms with Gasteiger partial charge in [0.25, 0.3) is 11.5 Å². The SMILES string of the molecule is COC(=O)c1ccc2c(c1)[N+]([O-])=C(c1cccc(C)c1)C2=O. The minimum absolute atomic E-state index is 0.0701. The van der Waals surface area contributed by atoms with Crippen molar-refractivity contribution in [2.45, 2.75) is 6.92 Å². The molecule has 1 heterocycles. The van der Waals surface area contributed by atoms with E-state index in [0.717, 1.165) is 5.56 Å². The van der Waals surface area contributed by atoms with Crippen molar-refractivity contribution in [1.82, 2.24) is 0 Å². The van der Waals surface area contributed by atoms with Crippen molar-refractivity contribution in [2.24, 2.45) is 0 Å². The van der Waals surface area contributed by atoms with E-state index >= 15 is 0 Å². The summed E-state index contributed by atoms with van der Waals surface area (Å²) in [7, 11) is 1.26. The number of hydrogen-bond acceptors (Lipinski definition) is 4. The highest BCUT2D eigenvalue weighted by Crippen LogP contribution is 2.29. The molecular formula is C17H13NO4. The molecule has 0 atom stereocenters. The molecule has 2 aromatic rings. The predicted molar refractivity (Wildman–Crippen MR) is 80.7 cm³/mol. The maximum Gasteiger partial charge on any atom is 0.338 e. The van der Waals surface area contributed by atoms with Gasteiger partial charge in [0.05, 0.1) is 18.2 Å². The third-order valence-electron chi connectivity index (χ3n) is 3.59. The number of ether oxygens (including phenoxy) is 1. The monoisotopic (exact) mass is 295 g/mol. The second-order valence-corrected chi connectivity index (χ2v) is 5.07. The molecule has 0 fully saturated rings. The van der Waals surface area contributed by atoms with Crippen LogP contribution in [-0.4, -0.2) is 29.3 Å². The van der Waals surface area contributed by atoms with Crippen LogP contribution >= 0.6 is 0 Å². The minimum Gasteiger partial charge on any atom is -0.618 e. The van der Waals surface area contributed by atoms with E-state index in [1.807, 2.05) is 13.0 Å². The van der Waals surface area contributed by atoms with Gasteiger partial charge in [-0.05, 0) is 31.2 Å². The molecule has 0 saturated carbocycles. The molecule has 0 aliphatic carbocycles. The molecule has 1 aliphatic rings. The fourth-order valence-corrected chi connectivity index (χ4v) is 2.52. The first-order chi connectivity index (χ1) is 10.5. The molecule has 0 saturated heterocycles. The van der Waals surface area contributed by atoms with Crippen molar-refractivity contribution in [3.63, 3.8) is 0 Å². The Morgan fingerprint density at radius 2 is 1.95 bits per heavy atom.